The summed E-state index contributed by atoms with van der Waals surface area (Å²) in [5.41, 5.74) is 1.21. The van der Waals surface area contributed by atoms with Crippen molar-refractivity contribution < 1.29 is 18.9 Å². The van der Waals surface area contributed by atoms with Crippen molar-refractivity contribution in [2.45, 2.75) is 19.3 Å². The predicted molar refractivity (Wildman–Crippen MR) is 100 cm³/mol. The largest absolute Gasteiger partial charge is 0.497 e. The summed E-state index contributed by atoms with van der Waals surface area (Å²) < 4.78 is 23.2. The molecule has 2 heterocycles. The molecule has 0 amide bonds. The third kappa shape index (κ3) is 3.10. The van der Waals surface area contributed by atoms with E-state index >= 15 is 0 Å². The molecule has 1 saturated heterocycles. The predicted octanol–water partition coefficient (Wildman–Crippen LogP) is 2.74. The first kappa shape index (κ1) is 17.4. The van der Waals surface area contributed by atoms with Crippen molar-refractivity contribution >= 4 is 10.9 Å². The van der Waals surface area contributed by atoms with E-state index in [0.29, 0.717) is 34.0 Å². The van der Waals surface area contributed by atoms with Gasteiger partial charge in [-0.05, 0) is 43.3 Å². The maximum atomic E-state index is 12.8. The molecule has 4 rings (SSSR count). The van der Waals surface area contributed by atoms with E-state index in [1.807, 2.05) is 13.0 Å². The first-order valence-corrected chi connectivity index (χ1v) is 8.57. The molecule has 2 unspecified atom stereocenters. The molecule has 27 heavy (non-hydrogen) atoms. The van der Waals surface area contributed by atoms with Crippen LogP contribution in [0.5, 0.6) is 17.2 Å². The van der Waals surface area contributed by atoms with Gasteiger partial charge >= 0.3 is 0 Å². The van der Waals surface area contributed by atoms with Gasteiger partial charge in [0.05, 0.1) is 25.1 Å². The van der Waals surface area contributed by atoms with Gasteiger partial charge in [0.15, 0.2) is 11.5 Å². The van der Waals surface area contributed by atoms with Crippen molar-refractivity contribution in [2.75, 3.05) is 14.2 Å². The number of methoxy groups -OCH3 is 2. The highest BCUT2D eigenvalue weighted by Crippen LogP contribution is 2.35. The molecule has 1 aliphatic heterocycles. The standard InChI is InChI=1S/C20H20N2O5/c1-11-20(26-11)27-16-8-5-12(9-17(16)25-4)18-21-15-7-6-13(24-3)10-14(15)19(23)22(18)2/h5-11,20H,1-4H3. The molecule has 1 fully saturated rings. The molecular formula is C20H20N2O5. The number of fused-ring (bicyclic) bond motifs is 1. The lowest BCUT2D eigenvalue weighted by molar-refractivity contribution is 0.172. The Balaban J connectivity index is 1.79. The number of nitrogens with zero attached hydrogens (tertiary/aromatic N) is 2. The lowest BCUT2D eigenvalue weighted by Crippen LogP contribution is -2.20. The lowest BCUT2D eigenvalue weighted by atomic mass is 10.1. The Morgan fingerprint density at radius 3 is 2.52 bits per heavy atom. The van der Waals surface area contributed by atoms with Gasteiger partial charge < -0.3 is 18.9 Å². The van der Waals surface area contributed by atoms with Crippen LogP contribution in [0.1, 0.15) is 6.92 Å². The average Bonchev–Trinajstić information content (AvgIpc) is 3.39. The molecule has 1 aliphatic rings. The zero-order valence-corrected chi connectivity index (χ0v) is 15.6. The Morgan fingerprint density at radius 2 is 1.85 bits per heavy atom. The van der Waals surface area contributed by atoms with Crippen molar-refractivity contribution in [1.82, 2.24) is 9.55 Å². The molecule has 7 heteroatoms. The van der Waals surface area contributed by atoms with Gasteiger partial charge in [-0.2, -0.15) is 0 Å². The highest BCUT2D eigenvalue weighted by molar-refractivity contribution is 5.81. The molecule has 2 aromatic carbocycles. The molecule has 0 bridgehead atoms. The van der Waals surface area contributed by atoms with Crippen LogP contribution in [0.4, 0.5) is 0 Å². The van der Waals surface area contributed by atoms with Crippen LogP contribution in [0.3, 0.4) is 0 Å². The van der Waals surface area contributed by atoms with E-state index in [9.17, 15) is 4.79 Å². The Bertz CT molecular complexity index is 1080. The van der Waals surface area contributed by atoms with Crippen molar-refractivity contribution in [3.63, 3.8) is 0 Å². The molecule has 3 aromatic rings. The topological polar surface area (TPSA) is 75.1 Å². The van der Waals surface area contributed by atoms with Gasteiger partial charge in [-0.3, -0.25) is 9.36 Å². The summed E-state index contributed by atoms with van der Waals surface area (Å²) in [6, 6.07) is 10.7. The van der Waals surface area contributed by atoms with Crippen LogP contribution in [0.2, 0.25) is 0 Å². The minimum absolute atomic E-state index is 0.0781. The molecule has 7 nitrogen and oxygen atoms in total. The van der Waals surface area contributed by atoms with Gasteiger partial charge in [0, 0.05) is 12.6 Å². The van der Waals surface area contributed by atoms with Gasteiger partial charge in [0.2, 0.25) is 6.29 Å². The van der Waals surface area contributed by atoms with Crippen LogP contribution in [0.25, 0.3) is 22.3 Å². The summed E-state index contributed by atoms with van der Waals surface area (Å²) >= 11 is 0. The van der Waals surface area contributed by atoms with Crippen LogP contribution in [-0.2, 0) is 11.8 Å². The zero-order valence-electron chi connectivity index (χ0n) is 15.6. The minimum atomic E-state index is -0.247. The number of hydrogen-bond acceptors (Lipinski definition) is 6. The van der Waals surface area contributed by atoms with E-state index in [4.69, 9.17) is 18.9 Å². The molecule has 0 saturated carbocycles. The quantitative estimate of drug-likeness (QED) is 0.645. The number of ether oxygens (including phenoxy) is 4. The van der Waals surface area contributed by atoms with Gasteiger partial charge in [0.1, 0.15) is 17.7 Å². The van der Waals surface area contributed by atoms with Crippen molar-refractivity contribution in [3.8, 4) is 28.6 Å². The number of rotatable bonds is 5. The summed E-state index contributed by atoms with van der Waals surface area (Å²) in [6.45, 7) is 1.94. The fourth-order valence-electron chi connectivity index (χ4n) is 2.95. The minimum Gasteiger partial charge on any atom is -0.497 e. The maximum absolute atomic E-state index is 12.8. The zero-order chi connectivity index (χ0) is 19.1. The molecule has 0 spiro atoms. The maximum Gasteiger partial charge on any atom is 0.261 e. The fraction of sp³-hybridized carbons (Fsp3) is 0.300. The SMILES string of the molecule is COc1ccc2nc(-c3ccc(OC4OC4C)c(OC)c3)n(C)c(=O)c2c1. The van der Waals surface area contributed by atoms with Crippen molar-refractivity contribution in [1.29, 1.82) is 0 Å². The number of epoxide rings is 1. The molecule has 140 valence electrons. The Labute approximate surface area is 156 Å². The third-order valence-corrected chi connectivity index (χ3v) is 4.60. The van der Waals surface area contributed by atoms with Gasteiger partial charge in [-0.15, -0.1) is 0 Å². The van der Waals surface area contributed by atoms with Crippen LogP contribution in [-0.4, -0.2) is 36.2 Å². The van der Waals surface area contributed by atoms with Crippen LogP contribution in [0, 0.1) is 0 Å². The monoisotopic (exact) mass is 368 g/mol. The smallest absolute Gasteiger partial charge is 0.261 e. The Kier molecular flexibility index (Phi) is 4.24. The van der Waals surface area contributed by atoms with Crippen molar-refractivity contribution in [2.24, 2.45) is 7.05 Å². The lowest BCUT2D eigenvalue weighted by Gasteiger charge is -2.13. The molecule has 2 atom stereocenters. The number of aromatic nitrogens is 2. The number of hydrogen-bond donors (Lipinski definition) is 0. The summed E-state index contributed by atoms with van der Waals surface area (Å²) in [5, 5.41) is 0.507. The Morgan fingerprint density at radius 1 is 1.07 bits per heavy atom. The van der Waals surface area contributed by atoms with Crippen LogP contribution < -0.4 is 19.8 Å². The van der Waals surface area contributed by atoms with E-state index in [2.05, 4.69) is 4.98 Å². The van der Waals surface area contributed by atoms with Crippen LogP contribution in [0.15, 0.2) is 41.2 Å². The highest BCUT2D eigenvalue weighted by atomic mass is 16.8. The summed E-state index contributed by atoms with van der Waals surface area (Å²) in [6.07, 6.45) is -0.169. The summed E-state index contributed by atoms with van der Waals surface area (Å²) in [7, 11) is 4.83. The van der Waals surface area contributed by atoms with E-state index in [1.54, 1.807) is 51.6 Å². The van der Waals surface area contributed by atoms with E-state index in [0.717, 1.165) is 5.56 Å². The molecule has 0 radical (unpaired) electrons. The molecule has 1 aromatic heterocycles. The second kappa shape index (κ2) is 6.59. The fourth-order valence-corrected chi connectivity index (χ4v) is 2.95. The number of benzene rings is 2. The average molecular weight is 368 g/mol. The molecular weight excluding hydrogens is 348 g/mol. The summed E-state index contributed by atoms with van der Waals surface area (Å²) in [4.78, 5) is 17.5. The second-order valence-corrected chi connectivity index (χ2v) is 6.38. The molecule has 0 aliphatic carbocycles. The van der Waals surface area contributed by atoms with Crippen LogP contribution >= 0.6 is 0 Å². The Hall–Kier alpha value is -3.06. The highest BCUT2D eigenvalue weighted by Gasteiger charge is 2.37. The van der Waals surface area contributed by atoms with Gasteiger partial charge in [0.25, 0.3) is 5.56 Å². The van der Waals surface area contributed by atoms with E-state index in [1.165, 1.54) is 4.57 Å². The van der Waals surface area contributed by atoms with E-state index < -0.39 is 0 Å². The first-order valence-electron chi connectivity index (χ1n) is 8.57. The molecule has 0 N–H and O–H groups in total. The normalized spacial score (nSPS) is 18.4. The van der Waals surface area contributed by atoms with Gasteiger partial charge in [-0.1, -0.05) is 0 Å². The summed E-state index contributed by atoms with van der Waals surface area (Å²) in [5.74, 6) is 2.30. The second-order valence-electron chi connectivity index (χ2n) is 6.38. The van der Waals surface area contributed by atoms with Gasteiger partial charge in [-0.25, -0.2) is 4.98 Å². The third-order valence-electron chi connectivity index (χ3n) is 4.60. The first-order chi connectivity index (χ1) is 13.0. The van der Waals surface area contributed by atoms with E-state index in [-0.39, 0.29) is 18.0 Å². The van der Waals surface area contributed by atoms with Crippen molar-refractivity contribution in [3.05, 3.63) is 46.8 Å².